The quantitative estimate of drug-likeness (QED) is 0.670. The van der Waals surface area contributed by atoms with Crippen LogP contribution in [0.25, 0.3) is 0 Å². The molecule has 1 aromatic carbocycles. The molecule has 2 rings (SSSR count). The predicted octanol–water partition coefficient (Wildman–Crippen LogP) is 0.433. The number of nitrogens with one attached hydrogen (secondary N) is 2. The number of ether oxygens (including phenoxy) is 1. The Kier molecular flexibility index (Phi) is 4.05. The fraction of sp³-hybridized carbons (Fsp3) is 0.455. The van der Waals surface area contributed by atoms with Gasteiger partial charge in [-0.2, -0.15) is 13.1 Å². The lowest BCUT2D eigenvalue weighted by molar-refractivity contribution is 0.328. The maximum absolute atomic E-state index is 11.6. The van der Waals surface area contributed by atoms with Gasteiger partial charge in [-0.3, -0.25) is 4.72 Å². The first-order valence-corrected chi connectivity index (χ1v) is 7.30. The van der Waals surface area contributed by atoms with E-state index in [1.165, 1.54) is 0 Å². The van der Waals surface area contributed by atoms with Crippen LogP contribution in [-0.4, -0.2) is 27.6 Å². The minimum atomic E-state index is -3.46. The Bertz CT molecular complexity index is 483. The second-order valence-electron chi connectivity index (χ2n) is 4.16. The number of anilines is 1. The standard InChI is InChI=1S/C11H17N3O3S/c12-7-8-17-11-5-3-10(4-6-11)14-18(15,16)13-9-1-2-9/h3-6,9,13-14H,1-2,7-8,12H2. The molecular weight excluding hydrogens is 254 g/mol. The lowest BCUT2D eigenvalue weighted by Gasteiger charge is -2.09. The summed E-state index contributed by atoms with van der Waals surface area (Å²) in [6, 6.07) is 6.79. The van der Waals surface area contributed by atoms with Crippen molar-refractivity contribution >= 4 is 15.9 Å². The van der Waals surface area contributed by atoms with Gasteiger partial charge >= 0.3 is 0 Å². The number of nitrogens with two attached hydrogens (primary N) is 1. The summed E-state index contributed by atoms with van der Waals surface area (Å²) < 4.78 is 33.6. The molecule has 1 aliphatic carbocycles. The number of hydrogen-bond donors (Lipinski definition) is 3. The van der Waals surface area contributed by atoms with Gasteiger partial charge in [0.1, 0.15) is 12.4 Å². The molecule has 0 saturated heterocycles. The Balaban J connectivity index is 1.92. The Labute approximate surface area is 107 Å². The van der Waals surface area contributed by atoms with E-state index in [1.54, 1.807) is 24.3 Å². The minimum absolute atomic E-state index is 0.0923. The van der Waals surface area contributed by atoms with Crippen LogP contribution in [0.15, 0.2) is 24.3 Å². The van der Waals surface area contributed by atoms with Crippen molar-refractivity contribution in [1.29, 1.82) is 0 Å². The molecule has 0 aliphatic heterocycles. The lowest BCUT2D eigenvalue weighted by atomic mass is 10.3. The molecule has 7 heteroatoms. The van der Waals surface area contributed by atoms with Crippen molar-refractivity contribution in [3.05, 3.63) is 24.3 Å². The van der Waals surface area contributed by atoms with Crippen LogP contribution in [-0.2, 0) is 10.2 Å². The molecule has 1 aliphatic rings. The van der Waals surface area contributed by atoms with E-state index in [-0.39, 0.29) is 6.04 Å². The van der Waals surface area contributed by atoms with Crippen LogP contribution in [0.5, 0.6) is 5.75 Å². The van der Waals surface area contributed by atoms with Crippen LogP contribution in [0.2, 0.25) is 0 Å². The van der Waals surface area contributed by atoms with Crippen LogP contribution in [0.3, 0.4) is 0 Å². The van der Waals surface area contributed by atoms with E-state index in [2.05, 4.69) is 9.44 Å². The van der Waals surface area contributed by atoms with Crippen LogP contribution in [0.4, 0.5) is 5.69 Å². The third-order valence-corrected chi connectivity index (χ3v) is 3.54. The smallest absolute Gasteiger partial charge is 0.299 e. The molecule has 0 unspecified atom stereocenters. The molecule has 0 heterocycles. The van der Waals surface area contributed by atoms with Gasteiger partial charge < -0.3 is 10.5 Å². The Hall–Kier alpha value is -1.31. The highest BCUT2D eigenvalue weighted by molar-refractivity contribution is 7.90. The van der Waals surface area contributed by atoms with Gasteiger partial charge in [-0.1, -0.05) is 0 Å². The summed E-state index contributed by atoms with van der Waals surface area (Å²) in [6.07, 6.45) is 1.82. The zero-order valence-corrected chi connectivity index (χ0v) is 10.7. The molecular formula is C11H17N3O3S. The average Bonchev–Trinajstić information content (AvgIpc) is 3.11. The van der Waals surface area contributed by atoms with Crippen molar-refractivity contribution in [3.63, 3.8) is 0 Å². The van der Waals surface area contributed by atoms with E-state index < -0.39 is 10.2 Å². The summed E-state index contributed by atoms with van der Waals surface area (Å²) >= 11 is 0. The fourth-order valence-corrected chi connectivity index (χ4v) is 2.58. The number of rotatable bonds is 7. The van der Waals surface area contributed by atoms with E-state index in [1.807, 2.05) is 0 Å². The maximum Gasteiger partial charge on any atom is 0.299 e. The molecule has 0 atom stereocenters. The minimum Gasteiger partial charge on any atom is -0.492 e. The van der Waals surface area contributed by atoms with Crippen LogP contribution < -0.4 is 19.9 Å². The second kappa shape index (κ2) is 5.55. The van der Waals surface area contributed by atoms with E-state index in [0.29, 0.717) is 24.6 Å². The molecule has 1 aromatic rings. The summed E-state index contributed by atoms with van der Waals surface area (Å²) in [5, 5.41) is 0. The van der Waals surface area contributed by atoms with E-state index in [0.717, 1.165) is 12.8 Å². The molecule has 18 heavy (non-hydrogen) atoms. The summed E-state index contributed by atoms with van der Waals surface area (Å²) in [7, 11) is -3.46. The first-order valence-electron chi connectivity index (χ1n) is 5.82. The Morgan fingerprint density at radius 2 is 1.94 bits per heavy atom. The zero-order valence-electron chi connectivity index (χ0n) is 9.93. The Morgan fingerprint density at radius 1 is 1.28 bits per heavy atom. The van der Waals surface area contributed by atoms with Crippen molar-refractivity contribution in [2.24, 2.45) is 5.73 Å². The SMILES string of the molecule is NCCOc1ccc(NS(=O)(=O)NC2CC2)cc1. The summed E-state index contributed by atoms with van der Waals surface area (Å²) in [6.45, 7) is 0.883. The normalized spacial score (nSPS) is 15.4. The average molecular weight is 271 g/mol. The third kappa shape index (κ3) is 4.17. The summed E-state index contributed by atoms with van der Waals surface area (Å²) in [4.78, 5) is 0. The number of hydrogen-bond acceptors (Lipinski definition) is 4. The molecule has 0 amide bonds. The molecule has 0 radical (unpaired) electrons. The number of benzene rings is 1. The van der Waals surface area contributed by atoms with Crippen molar-refractivity contribution in [2.45, 2.75) is 18.9 Å². The topological polar surface area (TPSA) is 93.4 Å². The molecule has 100 valence electrons. The van der Waals surface area contributed by atoms with E-state index in [4.69, 9.17) is 10.5 Å². The zero-order chi connectivity index (χ0) is 13.0. The molecule has 0 bridgehead atoms. The highest BCUT2D eigenvalue weighted by Gasteiger charge is 2.26. The van der Waals surface area contributed by atoms with Gasteiger partial charge in [0, 0.05) is 12.6 Å². The molecule has 0 aromatic heterocycles. The Morgan fingerprint density at radius 3 is 2.50 bits per heavy atom. The van der Waals surface area contributed by atoms with Crippen molar-refractivity contribution in [3.8, 4) is 5.75 Å². The third-order valence-electron chi connectivity index (χ3n) is 2.39. The van der Waals surface area contributed by atoms with Gasteiger partial charge in [-0.05, 0) is 37.1 Å². The van der Waals surface area contributed by atoms with Crippen LogP contribution in [0, 0.1) is 0 Å². The molecule has 0 spiro atoms. The first-order chi connectivity index (χ1) is 8.59. The summed E-state index contributed by atoms with van der Waals surface area (Å²) in [5.41, 5.74) is 5.82. The predicted molar refractivity (Wildman–Crippen MR) is 69.7 cm³/mol. The van der Waals surface area contributed by atoms with Crippen molar-refractivity contribution < 1.29 is 13.2 Å². The van der Waals surface area contributed by atoms with Crippen molar-refractivity contribution in [1.82, 2.24) is 4.72 Å². The molecule has 1 saturated carbocycles. The van der Waals surface area contributed by atoms with Gasteiger partial charge in [-0.25, -0.2) is 0 Å². The van der Waals surface area contributed by atoms with Crippen LogP contribution >= 0.6 is 0 Å². The van der Waals surface area contributed by atoms with Gasteiger partial charge in [0.15, 0.2) is 0 Å². The second-order valence-corrected chi connectivity index (χ2v) is 5.61. The largest absolute Gasteiger partial charge is 0.492 e. The molecule has 6 nitrogen and oxygen atoms in total. The van der Waals surface area contributed by atoms with Crippen molar-refractivity contribution in [2.75, 3.05) is 17.9 Å². The first kappa shape index (κ1) is 13.1. The highest BCUT2D eigenvalue weighted by atomic mass is 32.2. The fourth-order valence-electron chi connectivity index (χ4n) is 1.40. The maximum atomic E-state index is 11.6. The van der Waals surface area contributed by atoms with Gasteiger partial charge in [0.2, 0.25) is 0 Å². The van der Waals surface area contributed by atoms with Gasteiger partial charge in [-0.15, -0.1) is 0 Å². The van der Waals surface area contributed by atoms with Gasteiger partial charge in [0.25, 0.3) is 10.2 Å². The molecule has 1 fully saturated rings. The molecule has 4 N–H and O–H groups in total. The summed E-state index contributed by atoms with van der Waals surface area (Å²) in [5.74, 6) is 0.665. The lowest BCUT2D eigenvalue weighted by Crippen LogP contribution is -2.31. The van der Waals surface area contributed by atoms with Crippen LogP contribution in [0.1, 0.15) is 12.8 Å². The van der Waals surface area contributed by atoms with E-state index in [9.17, 15) is 8.42 Å². The monoisotopic (exact) mass is 271 g/mol. The van der Waals surface area contributed by atoms with Gasteiger partial charge in [0.05, 0.1) is 5.69 Å². The van der Waals surface area contributed by atoms with E-state index >= 15 is 0 Å². The highest BCUT2D eigenvalue weighted by Crippen LogP contribution is 2.21.